The Hall–Kier alpha value is -4.05. The summed E-state index contributed by atoms with van der Waals surface area (Å²) in [4.78, 5) is 66.1. The summed E-state index contributed by atoms with van der Waals surface area (Å²) in [5, 5.41) is 26.5. The van der Waals surface area contributed by atoms with Gasteiger partial charge in [-0.15, -0.1) is 0 Å². The van der Waals surface area contributed by atoms with Crippen LogP contribution in [-0.4, -0.2) is 88.5 Å². The summed E-state index contributed by atoms with van der Waals surface area (Å²) in [6.45, 7) is 0.256. The monoisotopic (exact) mass is 596 g/mol. The summed E-state index contributed by atoms with van der Waals surface area (Å²) in [6, 6.07) is 1.17. The predicted octanol–water partition coefficient (Wildman–Crippen LogP) is -2.13. The third-order valence-electron chi connectivity index (χ3n) is 5.85. The zero-order valence-electron chi connectivity index (χ0n) is 22.9. The molecule has 0 bridgehead atoms. The molecule has 1 aromatic rings. The molecular formula is C25H40N8O7S. The van der Waals surface area contributed by atoms with Crippen molar-refractivity contribution in [2.24, 2.45) is 27.9 Å². The molecule has 0 aliphatic heterocycles. The first-order valence-electron chi connectivity index (χ1n) is 12.8. The molecule has 16 heteroatoms. The number of carbonyl (C=O) groups excluding carboxylic acids is 4. The summed E-state index contributed by atoms with van der Waals surface area (Å²) in [6.07, 6.45) is 2.04. The highest BCUT2D eigenvalue weighted by atomic mass is 32.2. The lowest BCUT2D eigenvalue weighted by Crippen LogP contribution is -2.57. The van der Waals surface area contributed by atoms with Crippen LogP contribution in [0.5, 0.6) is 5.75 Å². The molecule has 41 heavy (non-hydrogen) atoms. The maximum atomic E-state index is 13.4. The number of hydrogen-bond acceptors (Lipinski definition) is 9. The fraction of sp³-hybridized carbons (Fsp3) is 0.520. The number of hydrogen-bond donors (Lipinski definition) is 9. The smallest absolute Gasteiger partial charge is 0.326 e. The molecule has 1 aromatic carbocycles. The van der Waals surface area contributed by atoms with Gasteiger partial charge in [-0.25, -0.2) is 4.79 Å². The first-order chi connectivity index (χ1) is 19.3. The molecule has 4 amide bonds. The van der Waals surface area contributed by atoms with E-state index in [0.29, 0.717) is 17.7 Å². The van der Waals surface area contributed by atoms with Crippen LogP contribution in [0, 0.1) is 0 Å². The Morgan fingerprint density at radius 1 is 0.878 bits per heavy atom. The molecule has 1 rings (SSSR count). The van der Waals surface area contributed by atoms with Crippen molar-refractivity contribution in [2.75, 3.05) is 18.6 Å². The molecule has 4 unspecified atom stereocenters. The Bertz CT molecular complexity index is 1070. The molecule has 228 valence electrons. The number of nitrogens with two attached hydrogens (primary N) is 4. The molecule has 0 spiro atoms. The van der Waals surface area contributed by atoms with Gasteiger partial charge in [-0.2, -0.15) is 11.8 Å². The average Bonchev–Trinajstić information content (AvgIpc) is 2.91. The number of phenolic OH excluding ortho intramolecular Hbond substituents is 1. The Kier molecular flexibility index (Phi) is 15.6. The van der Waals surface area contributed by atoms with E-state index < -0.39 is 53.8 Å². The minimum atomic E-state index is -1.32. The third kappa shape index (κ3) is 14.2. The van der Waals surface area contributed by atoms with Crippen molar-refractivity contribution in [2.45, 2.75) is 62.7 Å². The minimum absolute atomic E-state index is 0.000714. The lowest BCUT2D eigenvalue weighted by Gasteiger charge is -2.25. The number of benzene rings is 1. The second kappa shape index (κ2) is 18.3. The van der Waals surface area contributed by atoms with Crippen molar-refractivity contribution in [3.63, 3.8) is 0 Å². The van der Waals surface area contributed by atoms with Crippen molar-refractivity contribution >= 4 is 47.3 Å². The zero-order valence-corrected chi connectivity index (χ0v) is 23.7. The summed E-state index contributed by atoms with van der Waals surface area (Å²) in [5.74, 6) is -3.85. The molecule has 0 radical (unpaired) electrons. The average molecular weight is 597 g/mol. The summed E-state index contributed by atoms with van der Waals surface area (Å²) < 4.78 is 0. The molecule has 0 heterocycles. The van der Waals surface area contributed by atoms with Gasteiger partial charge in [0.15, 0.2) is 5.96 Å². The van der Waals surface area contributed by atoms with E-state index in [0.717, 1.165) is 0 Å². The molecule has 15 nitrogen and oxygen atoms in total. The van der Waals surface area contributed by atoms with E-state index in [1.54, 1.807) is 18.4 Å². The molecule has 0 saturated carbocycles. The van der Waals surface area contributed by atoms with Gasteiger partial charge in [-0.3, -0.25) is 24.2 Å². The predicted molar refractivity (Wildman–Crippen MR) is 155 cm³/mol. The van der Waals surface area contributed by atoms with E-state index in [1.807, 2.05) is 0 Å². The number of rotatable bonds is 19. The van der Waals surface area contributed by atoms with E-state index in [2.05, 4.69) is 20.9 Å². The number of amides is 4. The molecule has 0 fully saturated rings. The number of nitrogens with one attached hydrogen (secondary N) is 3. The third-order valence-corrected chi connectivity index (χ3v) is 6.50. The lowest BCUT2D eigenvalue weighted by atomic mass is 10.0. The van der Waals surface area contributed by atoms with Crippen molar-refractivity contribution in [3.8, 4) is 5.75 Å². The summed E-state index contributed by atoms with van der Waals surface area (Å²) in [7, 11) is 0. The largest absolute Gasteiger partial charge is 0.508 e. The molecule has 0 aliphatic carbocycles. The topological polar surface area (TPSA) is 278 Å². The van der Waals surface area contributed by atoms with Gasteiger partial charge >= 0.3 is 5.97 Å². The van der Waals surface area contributed by atoms with Crippen LogP contribution >= 0.6 is 11.8 Å². The van der Waals surface area contributed by atoms with Gasteiger partial charge in [0.05, 0.1) is 6.04 Å². The van der Waals surface area contributed by atoms with E-state index in [4.69, 9.17) is 22.9 Å². The fourth-order valence-corrected chi connectivity index (χ4v) is 4.07. The molecule has 0 saturated heterocycles. The quantitative estimate of drug-likeness (QED) is 0.0472. The van der Waals surface area contributed by atoms with Crippen molar-refractivity contribution in [1.29, 1.82) is 0 Å². The van der Waals surface area contributed by atoms with Crippen LogP contribution in [0.1, 0.15) is 37.7 Å². The number of aliphatic imine (C=N–C) groups is 1. The SMILES string of the molecule is CSCCC(NC(=O)C(CCC(N)=O)NC(=O)C(Cc1ccc(O)cc1)NC(=O)C(N)CCCN=C(N)N)C(=O)O. The molecule has 4 atom stereocenters. The standard InChI is InChI=1S/C25H40N8O7S/c1-41-12-10-18(24(39)40)32-22(37)17(8-9-20(27)35)31-23(38)19(13-14-4-6-15(34)7-5-14)33-21(36)16(26)3-2-11-30-25(28)29/h4-7,16-19,34H,2-3,8-13,26H2,1H3,(H2,27,35)(H,31,38)(H,32,37)(H,33,36)(H,39,40)(H4,28,29,30). The van der Waals surface area contributed by atoms with E-state index in [-0.39, 0.29) is 50.4 Å². The van der Waals surface area contributed by atoms with Crippen molar-refractivity contribution in [1.82, 2.24) is 16.0 Å². The summed E-state index contributed by atoms with van der Waals surface area (Å²) >= 11 is 1.40. The normalized spacial score (nSPS) is 13.6. The number of nitrogens with zero attached hydrogens (tertiary/aromatic N) is 1. The first kappa shape index (κ1) is 35.0. The van der Waals surface area contributed by atoms with Gasteiger partial charge in [-0.1, -0.05) is 12.1 Å². The number of carbonyl (C=O) groups is 5. The maximum Gasteiger partial charge on any atom is 0.326 e. The van der Waals surface area contributed by atoms with Crippen LogP contribution in [-0.2, 0) is 30.4 Å². The van der Waals surface area contributed by atoms with Crippen molar-refractivity contribution < 1.29 is 34.2 Å². The minimum Gasteiger partial charge on any atom is -0.508 e. The van der Waals surface area contributed by atoms with E-state index in [9.17, 15) is 34.2 Å². The number of thioether (sulfide) groups is 1. The van der Waals surface area contributed by atoms with Gasteiger partial charge in [-0.05, 0) is 55.4 Å². The van der Waals surface area contributed by atoms with Gasteiger partial charge in [0.1, 0.15) is 23.9 Å². The van der Waals surface area contributed by atoms with Crippen LogP contribution < -0.4 is 38.9 Å². The molecule has 13 N–H and O–H groups in total. The number of carboxylic acids is 1. The lowest BCUT2D eigenvalue weighted by molar-refractivity contribution is -0.142. The highest BCUT2D eigenvalue weighted by Gasteiger charge is 2.30. The van der Waals surface area contributed by atoms with E-state index in [1.165, 1.54) is 23.9 Å². The van der Waals surface area contributed by atoms with Crippen LogP contribution in [0.2, 0.25) is 0 Å². The number of guanidine groups is 1. The van der Waals surface area contributed by atoms with Crippen LogP contribution in [0.4, 0.5) is 0 Å². The molecule has 0 aromatic heterocycles. The Morgan fingerprint density at radius 2 is 1.46 bits per heavy atom. The first-order valence-corrected chi connectivity index (χ1v) is 14.2. The van der Waals surface area contributed by atoms with Gasteiger partial charge in [0, 0.05) is 19.4 Å². The molecular weight excluding hydrogens is 556 g/mol. The highest BCUT2D eigenvalue weighted by molar-refractivity contribution is 7.98. The molecule has 0 aliphatic rings. The van der Waals surface area contributed by atoms with Crippen molar-refractivity contribution in [3.05, 3.63) is 29.8 Å². The Balaban J connectivity index is 3.11. The Morgan fingerprint density at radius 3 is 2.02 bits per heavy atom. The maximum absolute atomic E-state index is 13.4. The number of aromatic hydroxyl groups is 1. The van der Waals surface area contributed by atoms with Gasteiger partial charge < -0.3 is 49.1 Å². The van der Waals surface area contributed by atoms with Crippen LogP contribution in [0.3, 0.4) is 0 Å². The second-order valence-electron chi connectivity index (χ2n) is 9.23. The second-order valence-corrected chi connectivity index (χ2v) is 10.2. The van der Waals surface area contributed by atoms with Crippen LogP contribution in [0.15, 0.2) is 29.3 Å². The highest BCUT2D eigenvalue weighted by Crippen LogP contribution is 2.12. The van der Waals surface area contributed by atoms with E-state index >= 15 is 0 Å². The number of aliphatic carboxylic acids is 1. The number of primary amides is 1. The van der Waals surface area contributed by atoms with Crippen LogP contribution in [0.25, 0.3) is 0 Å². The number of phenols is 1. The van der Waals surface area contributed by atoms with Gasteiger partial charge in [0.25, 0.3) is 0 Å². The number of carboxylic acid groups (broad SMARTS) is 1. The fourth-order valence-electron chi connectivity index (χ4n) is 3.60. The van der Waals surface area contributed by atoms with Gasteiger partial charge in [0.2, 0.25) is 23.6 Å². The Labute approximate surface area is 242 Å². The zero-order chi connectivity index (χ0) is 30.9. The summed E-state index contributed by atoms with van der Waals surface area (Å²) in [5.41, 5.74) is 22.4.